The fraction of sp³-hybridized carbons (Fsp3) is 0.586. The highest BCUT2D eigenvalue weighted by Gasteiger charge is 2.15. The number of hydrogen-bond acceptors (Lipinski definition) is 3. The van der Waals surface area contributed by atoms with Crippen molar-refractivity contribution in [2.75, 3.05) is 31.1 Å². The fourth-order valence-corrected chi connectivity index (χ4v) is 4.45. The van der Waals surface area contributed by atoms with Crippen molar-refractivity contribution in [1.29, 1.82) is 0 Å². The molecule has 0 fully saturated rings. The number of nitrogens with zero attached hydrogens (tertiary/aromatic N) is 1. The van der Waals surface area contributed by atoms with Crippen molar-refractivity contribution in [3.05, 3.63) is 48.0 Å². The van der Waals surface area contributed by atoms with Crippen LogP contribution >= 0.6 is 0 Å². The normalized spacial score (nSPS) is 16.2. The summed E-state index contributed by atoms with van der Waals surface area (Å²) in [6.07, 6.45) is 7.99. The van der Waals surface area contributed by atoms with Gasteiger partial charge in [0.15, 0.2) is 0 Å². The van der Waals surface area contributed by atoms with Gasteiger partial charge < -0.3 is 15.0 Å². The highest BCUT2D eigenvalue weighted by atomic mass is 16.5. The molecule has 2 aromatic rings. The molecule has 0 aliphatic carbocycles. The van der Waals surface area contributed by atoms with Crippen molar-refractivity contribution in [2.45, 2.75) is 72.8 Å². The van der Waals surface area contributed by atoms with Gasteiger partial charge in [-0.15, -0.1) is 0 Å². The van der Waals surface area contributed by atoms with Gasteiger partial charge in [-0.3, -0.25) is 0 Å². The Morgan fingerprint density at radius 2 is 1.59 bits per heavy atom. The molecule has 0 spiro atoms. The zero-order chi connectivity index (χ0) is 22.8. The van der Waals surface area contributed by atoms with E-state index < -0.39 is 0 Å². The molecule has 3 heteroatoms. The van der Waals surface area contributed by atoms with Gasteiger partial charge >= 0.3 is 0 Å². The molecular formula is C29H44N2O. The summed E-state index contributed by atoms with van der Waals surface area (Å²) < 4.78 is 6.00. The second kappa shape index (κ2) is 12.9. The lowest BCUT2D eigenvalue weighted by Crippen LogP contribution is -2.30. The molecule has 1 heterocycles. The van der Waals surface area contributed by atoms with Gasteiger partial charge in [-0.05, 0) is 66.1 Å². The Hall–Kier alpha value is -2.00. The van der Waals surface area contributed by atoms with Crippen molar-refractivity contribution >= 4 is 5.69 Å². The molecule has 32 heavy (non-hydrogen) atoms. The first-order chi connectivity index (χ1) is 15.5. The first kappa shape index (κ1) is 24.6. The molecule has 176 valence electrons. The van der Waals surface area contributed by atoms with Gasteiger partial charge in [-0.2, -0.15) is 0 Å². The largest absolute Gasteiger partial charge is 0.493 e. The van der Waals surface area contributed by atoms with Crippen LogP contribution in [0.25, 0.3) is 11.1 Å². The molecule has 2 aromatic carbocycles. The fourth-order valence-electron chi connectivity index (χ4n) is 4.45. The van der Waals surface area contributed by atoms with E-state index >= 15 is 0 Å². The van der Waals surface area contributed by atoms with Gasteiger partial charge in [0.2, 0.25) is 0 Å². The first-order valence-electron chi connectivity index (χ1n) is 12.8. The van der Waals surface area contributed by atoms with Gasteiger partial charge in [0.1, 0.15) is 5.75 Å². The minimum absolute atomic E-state index is 0.526. The van der Waals surface area contributed by atoms with Gasteiger partial charge in [-0.1, -0.05) is 77.6 Å². The van der Waals surface area contributed by atoms with Crippen LogP contribution in [0.15, 0.2) is 42.5 Å². The molecule has 1 N–H and O–H groups in total. The third-order valence-electron chi connectivity index (χ3n) is 6.11. The van der Waals surface area contributed by atoms with Gasteiger partial charge in [-0.25, -0.2) is 0 Å². The maximum atomic E-state index is 6.00. The van der Waals surface area contributed by atoms with Crippen LogP contribution in [-0.2, 0) is 6.54 Å². The third-order valence-corrected chi connectivity index (χ3v) is 6.11. The second-order valence-electron chi connectivity index (χ2n) is 10.2. The van der Waals surface area contributed by atoms with Crippen LogP contribution in [0.3, 0.4) is 0 Å². The molecule has 0 amide bonds. The monoisotopic (exact) mass is 436 g/mol. The van der Waals surface area contributed by atoms with E-state index in [1.807, 2.05) is 0 Å². The van der Waals surface area contributed by atoms with E-state index in [1.165, 1.54) is 60.9 Å². The van der Waals surface area contributed by atoms with E-state index in [9.17, 15) is 0 Å². The Bertz CT molecular complexity index is 815. The van der Waals surface area contributed by atoms with E-state index in [4.69, 9.17) is 4.74 Å². The molecule has 1 aliphatic heterocycles. The van der Waals surface area contributed by atoms with Crippen molar-refractivity contribution in [2.24, 2.45) is 11.8 Å². The molecule has 0 bridgehead atoms. The Morgan fingerprint density at radius 1 is 0.844 bits per heavy atom. The van der Waals surface area contributed by atoms with E-state index in [2.05, 4.69) is 80.4 Å². The number of anilines is 1. The van der Waals surface area contributed by atoms with E-state index in [0.717, 1.165) is 38.5 Å². The minimum atomic E-state index is 0.526. The summed E-state index contributed by atoms with van der Waals surface area (Å²) in [6.45, 7) is 14.1. The maximum absolute atomic E-state index is 6.00. The highest BCUT2D eigenvalue weighted by molar-refractivity contribution is 5.71. The number of benzene rings is 2. The van der Waals surface area contributed by atoms with E-state index in [1.54, 1.807) is 0 Å². The van der Waals surface area contributed by atoms with Crippen molar-refractivity contribution in [3.63, 3.8) is 0 Å². The lowest BCUT2D eigenvalue weighted by atomic mass is 10.00. The van der Waals surface area contributed by atoms with Gasteiger partial charge in [0.25, 0.3) is 0 Å². The maximum Gasteiger partial charge on any atom is 0.119 e. The van der Waals surface area contributed by atoms with E-state index in [-0.39, 0.29) is 0 Å². The second-order valence-corrected chi connectivity index (χ2v) is 10.2. The smallest absolute Gasteiger partial charge is 0.119 e. The number of rotatable bonds is 6. The molecule has 3 rings (SSSR count). The van der Waals surface area contributed by atoms with Crippen LogP contribution in [0.1, 0.15) is 71.8 Å². The molecule has 0 radical (unpaired) electrons. The topological polar surface area (TPSA) is 24.5 Å². The molecule has 0 aromatic heterocycles. The number of fused-ring (bicyclic) bond motifs is 1. The predicted octanol–water partition coefficient (Wildman–Crippen LogP) is 7.29. The SMILES string of the molecule is CC(C)COc1cccc(-c2ccc3c(c2)N(CC(C)C)CCCCCCCCNC3)c1. The van der Waals surface area contributed by atoms with Crippen molar-refractivity contribution in [1.82, 2.24) is 5.32 Å². The molecule has 0 saturated heterocycles. The third kappa shape index (κ3) is 7.85. The molecule has 3 nitrogen and oxygen atoms in total. The number of nitrogens with one attached hydrogen (secondary N) is 1. The van der Waals surface area contributed by atoms with Crippen molar-refractivity contribution < 1.29 is 4.74 Å². The molecule has 0 unspecified atom stereocenters. The Balaban J connectivity index is 1.91. The quantitative estimate of drug-likeness (QED) is 0.514. The molecule has 0 atom stereocenters. The average Bonchev–Trinajstić information content (AvgIpc) is 2.79. The molecule has 1 aliphatic rings. The lowest BCUT2D eigenvalue weighted by Gasteiger charge is -2.30. The zero-order valence-corrected chi connectivity index (χ0v) is 20.8. The summed E-state index contributed by atoms with van der Waals surface area (Å²) in [4.78, 5) is 2.64. The first-order valence-corrected chi connectivity index (χ1v) is 12.8. The van der Waals surface area contributed by atoms with Crippen LogP contribution in [0.2, 0.25) is 0 Å². The Kier molecular flexibility index (Phi) is 9.92. The summed E-state index contributed by atoms with van der Waals surface area (Å²) in [5, 5.41) is 3.70. The summed E-state index contributed by atoms with van der Waals surface area (Å²) >= 11 is 0. The van der Waals surface area contributed by atoms with Crippen LogP contribution in [0.4, 0.5) is 5.69 Å². The van der Waals surface area contributed by atoms with Crippen LogP contribution in [-0.4, -0.2) is 26.2 Å². The highest BCUT2D eigenvalue weighted by Crippen LogP contribution is 2.31. The average molecular weight is 437 g/mol. The van der Waals surface area contributed by atoms with Crippen LogP contribution < -0.4 is 15.0 Å². The van der Waals surface area contributed by atoms with Crippen LogP contribution in [0.5, 0.6) is 5.75 Å². The summed E-state index contributed by atoms with van der Waals surface area (Å²) in [5.41, 5.74) is 5.32. The summed E-state index contributed by atoms with van der Waals surface area (Å²) in [5.74, 6) is 2.13. The number of hydrogen-bond donors (Lipinski definition) is 1. The summed E-state index contributed by atoms with van der Waals surface area (Å²) in [7, 11) is 0. The molecule has 0 saturated carbocycles. The minimum Gasteiger partial charge on any atom is -0.493 e. The number of ether oxygens (including phenoxy) is 1. The van der Waals surface area contributed by atoms with E-state index in [0.29, 0.717) is 11.8 Å². The zero-order valence-electron chi connectivity index (χ0n) is 20.8. The molecular weight excluding hydrogens is 392 g/mol. The van der Waals surface area contributed by atoms with Gasteiger partial charge in [0, 0.05) is 25.3 Å². The Morgan fingerprint density at radius 3 is 2.38 bits per heavy atom. The van der Waals surface area contributed by atoms with Gasteiger partial charge in [0.05, 0.1) is 6.61 Å². The lowest BCUT2D eigenvalue weighted by molar-refractivity contribution is 0.271. The van der Waals surface area contributed by atoms with Crippen molar-refractivity contribution in [3.8, 4) is 16.9 Å². The predicted molar refractivity (Wildman–Crippen MR) is 139 cm³/mol. The Labute approximate surface area is 196 Å². The summed E-state index contributed by atoms with van der Waals surface area (Å²) in [6, 6.07) is 15.6. The standard InChI is InChI=1S/C29H44N2O/c1-23(2)21-31-17-10-8-6-5-7-9-16-30-20-27-15-14-26(19-29(27)31)25-12-11-13-28(18-25)32-22-24(3)4/h11-15,18-19,23-24,30H,5-10,16-17,20-22H2,1-4H3. The van der Waals surface area contributed by atoms with Crippen LogP contribution in [0, 0.1) is 11.8 Å².